The molecular weight excluding hydrogens is 246 g/mol. The number of amides is 1. The third-order valence-electron chi connectivity index (χ3n) is 3.31. The Morgan fingerprint density at radius 1 is 1.56 bits per heavy atom. The fourth-order valence-corrected chi connectivity index (χ4v) is 3.79. The van der Waals surface area contributed by atoms with Crippen LogP contribution in [0.3, 0.4) is 0 Å². The van der Waals surface area contributed by atoms with Crippen molar-refractivity contribution in [3.8, 4) is 0 Å². The Morgan fingerprint density at radius 2 is 2.17 bits per heavy atom. The van der Waals surface area contributed by atoms with Crippen molar-refractivity contribution in [2.75, 3.05) is 6.54 Å². The molecule has 0 saturated heterocycles. The molecule has 0 saturated carbocycles. The maximum Gasteiger partial charge on any atom is 0.219 e. The van der Waals surface area contributed by atoms with Gasteiger partial charge in [-0.1, -0.05) is 38.5 Å². The standard InChI is InChI=1S/C13H25N3OS/c1-5-9(6-2)10-8-15-12(18-10)16-13(3,4)7-11(14)17/h9-10H,5-8H2,1-4H3,(H2,14,17)(H,15,16). The molecule has 1 rings (SSSR count). The average molecular weight is 271 g/mol. The van der Waals surface area contributed by atoms with Crippen molar-refractivity contribution in [1.29, 1.82) is 0 Å². The first-order valence-electron chi connectivity index (χ1n) is 6.65. The van der Waals surface area contributed by atoms with Gasteiger partial charge in [0.15, 0.2) is 5.17 Å². The number of rotatable bonds is 6. The minimum Gasteiger partial charge on any atom is -0.370 e. The highest BCUT2D eigenvalue weighted by atomic mass is 32.2. The lowest BCUT2D eigenvalue weighted by molar-refractivity contribution is -0.119. The van der Waals surface area contributed by atoms with Crippen LogP contribution >= 0.6 is 11.8 Å². The molecule has 0 aromatic heterocycles. The number of thioether (sulfide) groups is 1. The number of nitrogens with one attached hydrogen (secondary N) is 1. The Bertz CT molecular complexity index is 324. The number of nitrogens with two attached hydrogens (primary N) is 1. The molecule has 0 radical (unpaired) electrons. The molecule has 1 aliphatic heterocycles. The van der Waals surface area contributed by atoms with Crippen LogP contribution < -0.4 is 11.1 Å². The van der Waals surface area contributed by atoms with Gasteiger partial charge >= 0.3 is 0 Å². The van der Waals surface area contributed by atoms with Crippen molar-refractivity contribution in [2.24, 2.45) is 16.6 Å². The summed E-state index contributed by atoms with van der Waals surface area (Å²) in [6, 6.07) is 0. The zero-order valence-corrected chi connectivity index (χ0v) is 12.6. The number of carbonyl (C=O) groups is 1. The second-order valence-electron chi connectivity index (χ2n) is 5.53. The number of hydrogen-bond donors (Lipinski definition) is 2. The minimum absolute atomic E-state index is 0.285. The van der Waals surface area contributed by atoms with Crippen molar-refractivity contribution in [1.82, 2.24) is 5.32 Å². The van der Waals surface area contributed by atoms with Gasteiger partial charge in [0.1, 0.15) is 0 Å². The van der Waals surface area contributed by atoms with E-state index < -0.39 is 0 Å². The van der Waals surface area contributed by atoms with Gasteiger partial charge in [-0.15, -0.1) is 0 Å². The van der Waals surface area contributed by atoms with E-state index in [1.165, 1.54) is 12.8 Å². The minimum atomic E-state index is -0.319. The smallest absolute Gasteiger partial charge is 0.219 e. The third kappa shape index (κ3) is 4.52. The Balaban J connectivity index is 2.49. The van der Waals surface area contributed by atoms with Crippen molar-refractivity contribution in [3.05, 3.63) is 0 Å². The monoisotopic (exact) mass is 271 g/mol. The number of hydrogen-bond acceptors (Lipinski definition) is 4. The predicted octanol–water partition coefficient (Wildman–Crippen LogP) is 2.14. The first kappa shape index (κ1) is 15.3. The van der Waals surface area contributed by atoms with Crippen LogP contribution in [0, 0.1) is 5.92 Å². The molecule has 0 bridgehead atoms. The lowest BCUT2D eigenvalue weighted by Gasteiger charge is -2.26. The number of amidine groups is 1. The molecule has 18 heavy (non-hydrogen) atoms. The fourth-order valence-electron chi connectivity index (χ4n) is 2.29. The van der Waals surface area contributed by atoms with Crippen LogP contribution in [0.25, 0.3) is 0 Å². The lowest BCUT2D eigenvalue weighted by Crippen LogP contribution is -2.44. The van der Waals surface area contributed by atoms with Crippen LogP contribution in [0.5, 0.6) is 0 Å². The summed E-state index contributed by atoms with van der Waals surface area (Å²) in [4.78, 5) is 15.5. The summed E-state index contributed by atoms with van der Waals surface area (Å²) in [5, 5.41) is 4.86. The molecular formula is C13H25N3OS. The second kappa shape index (κ2) is 6.45. The van der Waals surface area contributed by atoms with Crippen LogP contribution in [-0.2, 0) is 4.79 Å². The molecule has 104 valence electrons. The van der Waals surface area contributed by atoms with E-state index in [0.29, 0.717) is 11.7 Å². The molecule has 4 nitrogen and oxygen atoms in total. The van der Waals surface area contributed by atoms with Gasteiger partial charge in [-0.25, -0.2) is 0 Å². The highest BCUT2D eigenvalue weighted by Gasteiger charge is 2.29. The maximum absolute atomic E-state index is 11.0. The van der Waals surface area contributed by atoms with Gasteiger partial charge in [-0.2, -0.15) is 0 Å². The van der Waals surface area contributed by atoms with Crippen LogP contribution in [-0.4, -0.2) is 28.4 Å². The van der Waals surface area contributed by atoms with Crippen molar-refractivity contribution >= 4 is 22.8 Å². The molecule has 0 aromatic rings. The summed E-state index contributed by atoms with van der Waals surface area (Å²) in [7, 11) is 0. The molecule has 0 fully saturated rings. The van der Waals surface area contributed by atoms with E-state index in [0.717, 1.165) is 17.6 Å². The van der Waals surface area contributed by atoms with Gasteiger partial charge in [-0.05, 0) is 19.8 Å². The number of nitrogens with zero attached hydrogens (tertiary/aromatic N) is 1. The molecule has 5 heteroatoms. The van der Waals surface area contributed by atoms with Crippen LogP contribution in [0.1, 0.15) is 47.0 Å². The second-order valence-corrected chi connectivity index (χ2v) is 6.76. The highest BCUT2D eigenvalue weighted by molar-refractivity contribution is 8.14. The van der Waals surface area contributed by atoms with Crippen LogP contribution in [0.4, 0.5) is 0 Å². The summed E-state index contributed by atoms with van der Waals surface area (Å²) >= 11 is 1.81. The van der Waals surface area contributed by atoms with E-state index in [9.17, 15) is 4.79 Å². The van der Waals surface area contributed by atoms with Crippen LogP contribution in [0.2, 0.25) is 0 Å². The van der Waals surface area contributed by atoms with Crippen LogP contribution in [0.15, 0.2) is 4.99 Å². The molecule has 0 spiro atoms. The molecule has 1 atom stereocenters. The third-order valence-corrected chi connectivity index (χ3v) is 4.61. The summed E-state index contributed by atoms with van der Waals surface area (Å²) < 4.78 is 0. The van der Waals surface area contributed by atoms with E-state index >= 15 is 0 Å². The molecule has 1 amide bonds. The first-order valence-corrected chi connectivity index (χ1v) is 7.53. The predicted molar refractivity (Wildman–Crippen MR) is 78.8 cm³/mol. The molecule has 1 unspecified atom stereocenters. The van der Waals surface area contributed by atoms with E-state index in [1.54, 1.807) is 0 Å². The zero-order valence-electron chi connectivity index (χ0n) is 11.8. The molecule has 1 heterocycles. The van der Waals surface area contributed by atoms with Gasteiger partial charge in [0.05, 0.1) is 6.54 Å². The normalized spacial score (nSPS) is 20.1. The van der Waals surface area contributed by atoms with E-state index in [1.807, 2.05) is 25.6 Å². The average Bonchev–Trinajstić information content (AvgIpc) is 2.65. The number of aliphatic imine (C=N–C) groups is 1. The number of primary amides is 1. The first-order chi connectivity index (χ1) is 8.38. The quantitative estimate of drug-likeness (QED) is 0.777. The summed E-state index contributed by atoms with van der Waals surface area (Å²) in [6.07, 6.45) is 2.71. The van der Waals surface area contributed by atoms with Gasteiger partial charge in [0.2, 0.25) is 5.91 Å². The van der Waals surface area contributed by atoms with E-state index in [2.05, 4.69) is 24.2 Å². The van der Waals surface area contributed by atoms with Crippen molar-refractivity contribution < 1.29 is 4.79 Å². The maximum atomic E-state index is 11.0. The summed E-state index contributed by atoms with van der Waals surface area (Å²) in [5.41, 5.74) is 4.93. The zero-order chi connectivity index (χ0) is 13.8. The summed E-state index contributed by atoms with van der Waals surface area (Å²) in [5.74, 6) is 0.435. The van der Waals surface area contributed by atoms with Gasteiger partial charge in [0.25, 0.3) is 0 Å². The molecule has 0 aliphatic carbocycles. The van der Waals surface area contributed by atoms with E-state index in [4.69, 9.17) is 5.73 Å². The van der Waals surface area contributed by atoms with Gasteiger partial charge in [0, 0.05) is 17.2 Å². The summed E-state index contributed by atoms with van der Waals surface area (Å²) in [6.45, 7) is 9.30. The Labute approximate surface area is 114 Å². The fraction of sp³-hybridized carbons (Fsp3) is 0.846. The lowest BCUT2D eigenvalue weighted by atomic mass is 9.99. The van der Waals surface area contributed by atoms with Crippen molar-refractivity contribution in [2.45, 2.75) is 57.7 Å². The van der Waals surface area contributed by atoms with Gasteiger partial charge in [-0.3, -0.25) is 9.79 Å². The Hall–Kier alpha value is -0.710. The molecule has 3 N–H and O–H groups in total. The Morgan fingerprint density at radius 3 is 2.67 bits per heavy atom. The SMILES string of the molecule is CCC(CC)C1CN=C(NC(C)(C)CC(N)=O)S1. The topological polar surface area (TPSA) is 67.5 Å². The number of carbonyl (C=O) groups excluding carboxylic acids is 1. The largest absolute Gasteiger partial charge is 0.370 e. The highest BCUT2D eigenvalue weighted by Crippen LogP contribution is 2.31. The van der Waals surface area contributed by atoms with E-state index in [-0.39, 0.29) is 11.4 Å². The van der Waals surface area contributed by atoms with Gasteiger partial charge < -0.3 is 11.1 Å². The van der Waals surface area contributed by atoms with Crippen molar-refractivity contribution in [3.63, 3.8) is 0 Å². The Kier molecular flexibility index (Phi) is 5.50. The molecule has 0 aromatic carbocycles. The molecule has 1 aliphatic rings.